The van der Waals surface area contributed by atoms with Crippen LogP contribution in [-0.4, -0.2) is 69.5 Å². The number of hydrogen-bond donors (Lipinski definition) is 5. The van der Waals surface area contributed by atoms with Crippen LogP contribution < -0.4 is 15.1 Å². The highest BCUT2D eigenvalue weighted by Gasteiger charge is 2.44. The molecule has 3 rings (SSSR count). The van der Waals surface area contributed by atoms with E-state index in [1.807, 2.05) is 0 Å². The van der Waals surface area contributed by atoms with Crippen molar-refractivity contribution in [2.75, 3.05) is 13.2 Å². The summed E-state index contributed by atoms with van der Waals surface area (Å²) in [6.45, 7) is 1.90. The first kappa shape index (κ1) is 28.2. The van der Waals surface area contributed by atoms with Gasteiger partial charge in [0.25, 0.3) is 0 Å². The molecule has 1 saturated heterocycles. The monoisotopic (exact) mass is 510 g/mol. The first-order chi connectivity index (χ1) is 17.4. The molecule has 1 aliphatic heterocycles. The quantitative estimate of drug-likeness (QED) is 0.189. The Balaban J connectivity index is 1.56. The maximum atomic E-state index is 12.4. The van der Waals surface area contributed by atoms with E-state index in [4.69, 9.17) is 18.6 Å². The second kappa shape index (κ2) is 13.8. The molecule has 0 spiro atoms. The van der Waals surface area contributed by atoms with Crippen molar-refractivity contribution < 1.29 is 44.2 Å². The predicted octanol–water partition coefficient (Wildman–Crippen LogP) is 2.59. The number of aliphatic hydroxyl groups is 4. The van der Waals surface area contributed by atoms with E-state index in [1.165, 1.54) is 56.7 Å². The molecule has 0 bridgehead atoms. The SMILES string of the molecule is CCCCCCCCCCCOc1c(O)c2ccc(O[C@@H]3O[C@H](CO)[C@H](O)[C@H](O)[C@H]3O)cc2oc1=O. The molecule has 10 nitrogen and oxygen atoms in total. The van der Waals surface area contributed by atoms with E-state index in [-0.39, 0.29) is 34.8 Å². The summed E-state index contributed by atoms with van der Waals surface area (Å²) in [5.74, 6) is -0.473. The number of benzene rings is 1. The third kappa shape index (κ3) is 7.10. The summed E-state index contributed by atoms with van der Waals surface area (Å²) < 4.78 is 21.7. The Bertz CT molecular complexity index is 1000. The summed E-state index contributed by atoms with van der Waals surface area (Å²) in [4.78, 5) is 12.4. The van der Waals surface area contributed by atoms with Crippen LogP contribution in [0.2, 0.25) is 0 Å². The number of unbranched alkanes of at least 4 members (excludes halogenated alkanes) is 8. The molecule has 1 fully saturated rings. The molecular formula is C26H38O10. The van der Waals surface area contributed by atoms with E-state index < -0.39 is 42.9 Å². The zero-order chi connectivity index (χ0) is 26.1. The zero-order valence-electron chi connectivity index (χ0n) is 20.7. The van der Waals surface area contributed by atoms with Crippen molar-refractivity contribution in [2.24, 2.45) is 0 Å². The molecule has 10 heteroatoms. The van der Waals surface area contributed by atoms with Crippen molar-refractivity contribution in [1.29, 1.82) is 0 Å². The van der Waals surface area contributed by atoms with Gasteiger partial charge in [-0.05, 0) is 18.6 Å². The van der Waals surface area contributed by atoms with Crippen LogP contribution in [0, 0.1) is 0 Å². The van der Waals surface area contributed by atoms with Crippen molar-refractivity contribution in [3.8, 4) is 17.2 Å². The Hall–Kier alpha value is -2.37. The molecule has 1 aromatic heterocycles. The average molecular weight is 511 g/mol. The Morgan fingerprint density at radius 3 is 2.25 bits per heavy atom. The largest absolute Gasteiger partial charge is 0.504 e. The van der Waals surface area contributed by atoms with Gasteiger partial charge in [0.05, 0.1) is 18.6 Å². The Morgan fingerprint density at radius 2 is 1.58 bits per heavy atom. The summed E-state index contributed by atoms with van der Waals surface area (Å²) in [7, 11) is 0. The number of hydrogen-bond acceptors (Lipinski definition) is 10. The summed E-state index contributed by atoms with van der Waals surface area (Å²) in [6.07, 6.45) is 3.15. The number of aliphatic hydroxyl groups excluding tert-OH is 4. The molecule has 202 valence electrons. The van der Waals surface area contributed by atoms with Gasteiger partial charge < -0.3 is 44.2 Å². The van der Waals surface area contributed by atoms with Gasteiger partial charge in [0.15, 0.2) is 5.75 Å². The lowest BCUT2D eigenvalue weighted by molar-refractivity contribution is -0.277. The van der Waals surface area contributed by atoms with E-state index in [0.29, 0.717) is 0 Å². The highest BCUT2D eigenvalue weighted by Crippen LogP contribution is 2.34. The molecule has 0 aliphatic carbocycles. The van der Waals surface area contributed by atoms with Gasteiger partial charge in [-0.1, -0.05) is 58.3 Å². The van der Waals surface area contributed by atoms with Gasteiger partial charge in [-0.15, -0.1) is 0 Å². The normalized spacial score (nSPS) is 24.2. The Morgan fingerprint density at radius 1 is 0.917 bits per heavy atom. The molecule has 0 amide bonds. The van der Waals surface area contributed by atoms with Crippen molar-refractivity contribution >= 4 is 11.0 Å². The molecule has 5 N–H and O–H groups in total. The molecule has 2 heterocycles. The second-order valence-corrected chi connectivity index (χ2v) is 9.22. The van der Waals surface area contributed by atoms with Crippen molar-refractivity contribution in [2.45, 2.75) is 95.4 Å². The molecule has 1 aliphatic rings. The Kier molecular flexibility index (Phi) is 10.8. The molecule has 1 aromatic carbocycles. The van der Waals surface area contributed by atoms with Crippen LogP contribution in [0.1, 0.15) is 64.7 Å². The van der Waals surface area contributed by atoms with Gasteiger partial charge in [0.2, 0.25) is 12.0 Å². The second-order valence-electron chi connectivity index (χ2n) is 9.22. The number of ether oxygens (including phenoxy) is 3. The van der Waals surface area contributed by atoms with Gasteiger partial charge in [0, 0.05) is 6.07 Å². The molecule has 0 unspecified atom stereocenters. The van der Waals surface area contributed by atoms with Crippen LogP contribution in [0.4, 0.5) is 0 Å². The lowest BCUT2D eigenvalue weighted by atomic mass is 9.99. The van der Waals surface area contributed by atoms with E-state index in [2.05, 4.69) is 6.92 Å². The van der Waals surface area contributed by atoms with Gasteiger partial charge in [-0.25, -0.2) is 4.79 Å². The first-order valence-electron chi connectivity index (χ1n) is 12.8. The maximum absolute atomic E-state index is 12.4. The van der Waals surface area contributed by atoms with Gasteiger partial charge in [-0.2, -0.15) is 0 Å². The van der Waals surface area contributed by atoms with E-state index >= 15 is 0 Å². The van der Waals surface area contributed by atoms with Crippen molar-refractivity contribution in [3.05, 3.63) is 28.6 Å². The minimum atomic E-state index is -1.59. The fourth-order valence-electron chi connectivity index (χ4n) is 4.23. The number of rotatable bonds is 14. The van der Waals surface area contributed by atoms with Crippen LogP contribution in [0.5, 0.6) is 17.2 Å². The maximum Gasteiger partial charge on any atom is 0.383 e. The molecule has 5 atom stereocenters. The minimum Gasteiger partial charge on any atom is -0.504 e. The fourth-order valence-corrected chi connectivity index (χ4v) is 4.23. The Labute approximate surface area is 210 Å². The lowest BCUT2D eigenvalue weighted by Crippen LogP contribution is -2.60. The average Bonchev–Trinajstić information content (AvgIpc) is 2.87. The predicted molar refractivity (Wildman–Crippen MR) is 131 cm³/mol. The smallest absolute Gasteiger partial charge is 0.383 e. The van der Waals surface area contributed by atoms with Crippen LogP contribution in [0.25, 0.3) is 11.0 Å². The summed E-state index contributed by atoms with van der Waals surface area (Å²) >= 11 is 0. The molecule has 2 aromatic rings. The van der Waals surface area contributed by atoms with Crippen LogP contribution >= 0.6 is 0 Å². The highest BCUT2D eigenvalue weighted by molar-refractivity contribution is 5.86. The molecule has 0 radical (unpaired) electrons. The van der Waals surface area contributed by atoms with Crippen LogP contribution in [0.3, 0.4) is 0 Å². The van der Waals surface area contributed by atoms with Gasteiger partial charge in [0.1, 0.15) is 35.7 Å². The highest BCUT2D eigenvalue weighted by atomic mass is 16.7. The van der Waals surface area contributed by atoms with E-state index in [9.17, 15) is 30.3 Å². The summed E-state index contributed by atoms with van der Waals surface area (Å²) in [6, 6.07) is 4.23. The van der Waals surface area contributed by atoms with Crippen LogP contribution in [0.15, 0.2) is 27.4 Å². The van der Waals surface area contributed by atoms with E-state index in [0.717, 1.165) is 19.3 Å². The third-order valence-electron chi connectivity index (χ3n) is 6.41. The summed E-state index contributed by atoms with van der Waals surface area (Å²) in [5, 5.41) is 50.1. The fraction of sp³-hybridized carbons (Fsp3) is 0.654. The number of aromatic hydroxyl groups is 1. The van der Waals surface area contributed by atoms with Crippen LogP contribution in [-0.2, 0) is 4.74 Å². The first-order valence-corrected chi connectivity index (χ1v) is 12.8. The molecule has 0 saturated carbocycles. The van der Waals surface area contributed by atoms with E-state index in [1.54, 1.807) is 0 Å². The standard InChI is InChI=1S/C26H38O10/c1-2-3-4-5-6-7-8-9-10-13-33-24-20(28)17-12-11-16(14-18(17)35-25(24)32)34-26-23(31)22(30)21(29)19(15-27)36-26/h11-12,14,19,21-23,26-31H,2-10,13,15H2,1H3/t19-,21+,22+,23-,26-/m1/s1. The summed E-state index contributed by atoms with van der Waals surface area (Å²) in [5.41, 5.74) is -0.809. The lowest BCUT2D eigenvalue weighted by Gasteiger charge is -2.39. The number of fused-ring (bicyclic) bond motifs is 1. The molecular weight excluding hydrogens is 472 g/mol. The van der Waals surface area contributed by atoms with Crippen molar-refractivity contribution in [1.82, 2.24) is 0 Å². The topological polar surface area (TPSA) is 159 Å². The van der Waals surface area contributed by atoms with Crippen molar-refractivity contribution in [3.63, 3.8) is 0 Å². The third-order valence-corrected chi connectivity index (χ3v) is 6.41. The van der Waals surface area contributed by atoms with Gasteiger partial charge >= 0.3 is 5.63 Å². The minimum absolute atomic E-state index is 0.0232. The zero-order valence-corrected chi connectivity index (χ0v) is 20.7. The molecule has 36 heavy (non-hydrogen) atoms. The van der Waals surface area contributed by atoms with Gasteiger partial charge in [-0.3, -0.25) is 0 Å².